The van der Waals surface area contributed by atoms with Gasteiger partial charge in [0.2, 0.25) is 0 Å². The van der Waals surface area contributed by atoms with E-state index in [1.54, 1.807) is 6.20 Å². The summed E-state index contributed by atoms with van der Waals surface area (Å²) in [4.78, 5) is 4.07. The number of anilines is 1. The van der Waals surface area contributed by atoms with Gasteiger partial charge < -0.3 is 5.73 Å². The Morgan fingerprint density at radius 3 is 3.00 bits per heavy atom. The first kappa shape index (κ1) is 10.7. The first-order valence-electron chi connectivity index (χ1n) is 5.61. The fourth-order valence-corrected chi connectivity index (χ4v) is 2.25. The Morgan fingerprint density at radius 2 is 2.33 bits per heavy atom. The van der Waals surface area contributed by atoms with Crippen molar-refractivity contribution in [3.05, 3.63) is 23.9 Å². The molecule has 82 valence electrons. The van der Waals surface area contributed by atoms with Crippen molar-refractivity contribution in [1.29, 1.82) is 0 Å². The Labute approximate surface area is 95.8 Å². The summed E-state index contributed by atoms with van der Waals surface area (Å²) in [6.45, 7) is 0. The highest BCUT2D eigenvalue weighted by atomic mass is 35.5. The molecule has 2 N–H and O–H groups in total. The average Bonchev–Trinajstić information content (AvgIpc) is 3.04. The van der Waals surface area contributed by atoms with E-state index >= 15 is 0 Å². The molecule has 1 atom stereocenters. The minimum absolute atomic E-state index is 0.378. The number of halogens is 1. The highest BCUT2D eigenvalue weighted by Crippen LogP contribution is 2.37. The fraction of sp³-hybridized carbons (Fsp3) is 0.583. The predicted octanol–water partition coefficient (Wildman–Crippen LogP) is 3.00. The summed E-state index contributed by atoms with van der Waals surface area (Å²) in [5, 5.41) is 0.378. The zero-order chi connectivity index (χ0) is 10.7. The van der Waals surface area contributed by atoms with Crippen molar-refractivity contribution < 1.29 is 0 Å². The molecule has 0 radical (unpaired) electrons. The monoisotopic (exact) mass is 224 g/mol. The maximum atomic E-state index is 6.24. The van der Waals surface area contributed by atoms with Crippen LogP contribution in [0.1, 0.15) is 31.2 Å². The van der Waals surface area contributed by atoms with Crippen molar-refractivity contribution in [1.82, 2.24) is 4.98 Å². The van der Waals surface area contributed by atoms with Crippen LogP contribution in [-0.2, 0) is 6.42 Å². The van der Waals surface area contributed by atoms with Gasteiger partial charge >= 0.3 is 0 Å². The maximum absolute atomic E-state index is 6.24. The molecule has 1 heterocycles. The summed E-state index contributed by atoms with van der Waals surface area (Å²) >= 11 is 6.24. The number of nitrogen functional groups attached to an aromatic ring is 1. The Bertz CT molecular complexity index is 323. The van der Waals surface area contributed by atoms with Crippen LogP contribution in [0, 0.1) is 5.92 Å². The number of aromatic nitrogens is 1. The van der Waals surface area contributed by atoms with Gasteiger partial charge in [-0.25, -0.2) is 4.98 Å². The van der Waals surface area contributed by atoms with Crippen molar-refractivity contribution >= 4 is 17.4 Å². The van der Waals surface area contributed by atoms with E-state index in [1.807, 2.05) is 12.1 Å². The molecule has 2 rings (SSSR count). The van der Waals surface area contributed by atoms with Crippen LogP contribution in [0.2, 0.25) is 0 Å². The quantitative estimate of drug-likeness (QED) is 0.781. The van der Waals surface area contributed by atoms with Crippen molar-refractivity contribution in [3.8, 4) is 0 Å². The third-order valence-electron chi connectivity index (χ3n) is 2.99. The van der Waals surface area contributed by atoms with E-state index in [4.69, 9.17) is 17.3 Å². The molecule has 1 aliphatic carbocycles. The molecule has 0 spiro atoms. The van der Waals surface area contributed by atoms with Crippen LogP contribution in [0.3, 0.4) is 0 Å². The topological polar surface area (TPSA) is 38.9 Å². The fourth-order valence-electron chi connectivity index (χ4n) is 1.84. The summed E-state index contributed by atoms with van der Waals surface area (Å²) in [6, 6.07) is 3.98. The van der Waals surface area contributed by atoms with E-state index < -0.39 is 0 Å². The van der Waals surface area contributed by atoms with Crippen molar-refractivity contribution in [2.75, 3.05) is 5.73 Å². The minimum Gasteiger partial charge on any atom is -0.383 e. The van der Waals surface area contributed by atoms with Crippen LogP contribution in [0.5, 0.6) is 0 Å². The Hall–Kier alpha value is -0.760. The van der Waals surface area contributed by atoms with E-state index in [1.165, 1.54) is 12.8 Å². The van der Waals surface area contributed by atoms with Gasteiger partial charge in [0.1, 0.15) is 5.82 Å². The third kappa shape index (κ3) is 3.10. The Kier molecular flexibility index (Phi) is 3.47. The Morgan fingerprint density at radius 1 is 1.53 bits per heavy atom. The van der Waals surface area contributed by atoms with E-state index in [9.17, 15) is 0 Å². The summed E-state index contributed by atoms with van der Waals surface area (Å²) in [7, 11) is 0. The minimum atomic E-state index is 0.378. The predicted molar refractivity (Wildman–Crippen MR) is 64.0 cm³/mol. The number of pyridine rings is 1. The lowest BCUT2D eigenvalue weighted by atomic mass is 10.1. The molecular weight excluding hydrogens is 208 g/mol. The van der Waals surface area contributed by atoms with Crippen LogP contribution in [0.15, 0.2) is 18.3 Å². The second-order valence-corrected chi connectivity index (χ2v) is 4.85. The second kappa shape index (κ2) is 4.84. The van der Waals surface area contributed by atoms with Crippen molar-refractivity contribution in [2.24, 2.45) is 5.92 Å². The standard InChI is InChI=1S/C12H17ClN2/c13-11(9-6-7-9)5-1-3-10-4-2-8-15-12(10)14/h2,4,8-9,11H,1,3,5-7H2,(H2,14,15). The van der Waals surface area contributed by atoms with Crippen LogP contribution in [0.25, 0.3) is 0 Å². The van der Waals surface area contributed by atoms with E-state index in [0.29, 0.717) is 11.2 Å². The molecule has 0 amide bonds. The van der Waals surface area contributed by atoms with E-state index in [0.717, 1.165) is 30.7 Å². The van der Waals surface area contributed by atoms with E-state index in [-0.39, 0.29) is 0 Å². The van der Waals surface area contributed by atoms with Gasteiger partial charge in [-0.15, -0.1) is 11.6 Å². The highest BCUT2D eigenvalue weighted by molar-refractivity contribution is 6.20. The largest absolute Gasteiger partial charge is 0.383 e. The summed E-state index contributed by atoms with van der Waals surface area (Å²) in [5.41, 5.74) is 6.92. The van der Waals surface area contributed by atoms with Crippen LogP contribution < -0.4 is 5.73 Å². The Balaban J connectivity index is 1.75. The molecule has 0 aliphatic heterocycles. The zero-order valence-corrected chi connectivity index (χ0v) is 9.58. The number of rotatable bonds is 5. The lowest BCUT2D eigenvalue weighted by Gasteiger charge is -2.08. The lowest BCUT2D eigenvalue weighted by Crippen LogP contribution is -2.03. The zero-order valence-electron chi connectivity index (χ0n) is 8.82. The first-order chi connectivity index (χ1) is 7.27. The summed E-state index contributed by atoms with van der Waals surface area (Å²) in [6.07, 6.45) is 7.58. The molecule has 0 bridgehead atoms. The molecule has 1 unspecified atom stereocenters. The number of hydrogen-bond acceptors (Lipinski definition) is 2. The molecule has 1 aromatic rings. The highest BCUT2D eigenvalue weighted by Gasteiger charge is 2.28. The molecule has 0 aromatic carbocycles. The maximum Gasteiger partial charge on any atom is 0.126 e. The summed E-state index contributed by atoms with van der Waals surface area (Å²) in [5.74, 6) is 1.45. The third-order valence-corrected chi connectivity index (χ3v) is 3.56. The smallest absolute Gasteiger partial charge is 0.126 e. The van der Waals surface area contributed by atoms with Gasteiger partial charge in [-0.05, 0) is 49.7 Å². The lowest BCUT2D eigenvalue weighted by molar-refractivity contribution is 0.637. The molecule has 15 heavy (non-hydrogen) atoms. The van der Waals surface area contributed by atoms with Crippen LogP contribution >= 0.6 is 11.6 Å². The molecule has 1 aliphatic rings. The van der Waals surface area contributed by atoms with Gasteiger partial charge in [-0.1, -0.05) is 6.07 Å². The number of alkyl halides is 1. The van der Waals surface area contributed by atoms with Crippen LogP contribution in [0.4, 0.5) is 5.82 Å². The van der Waals surface area contributed by atoms with Gasteiger partial charge in [0, 0.05) is 11.6 Å². The molecule has 3 heteroatoms. The first-order valence-corrected chi connectivity index (χ1v) is 6.04. The van der Waals surface area contributed by atoms with Gasteiger partial charge in [0.25, 0.3) is 0 Å². The summed E-state index contributed by atoms with van der Waals surface area (Å²) < 4.78 is 0. The molecule has 1 fully saturated rings. The van der Waals surface area contributed by atoms with Crippen LogP contribution in [-0.4, -0.2) is 10.4 Å². The van der Waals surface area contributed by atoms with Gasteiger partial charge in [-0.2, -0.15) is 0 Å². The molecule has 0 saturated heterocycles. The molecule has 1 saturated carbocycles. The number of nitrogens with two attached hydrogens (primary N) is 1. The molecule has 1 aromatic heterocycles. The number of hydrogen-bond donors (Lipinski definition) is 1. The number of nitrogens with zero attached hydrogens (tertiary/aromatic N) is 1. The second-order valence-electron chi connectivity index (χ2n) is 4.29. The average molecular weight is 225 g/mol. The van der Waals surface area contributed by atoms with E-state index in [2.05, 4.69) is 4.98 Å². The number of aryl methyl sites for hydroxylation is 1. The molecule has 2 nitrogen and oxygen atoms in total. The van der Waals surface area contributed by atoms with Gasteiger partial charge in [-0.3, -0.25) is 0 Å². The normalized spacial score (nSPS) is 17.7. The van der Waals surface area contributed by atoms with Crippen molar-refractivity contribution in [2.45, 2.75) is 37.5 Å². The van der Waals surface area contributed by atoms with Gasteiger partial charge in [0.05, 0.1) is 0 Å². The SMILES string of the molecule is Nc1ncccc1CCCC(Cl)C1CC1. The van der Waals surface area contributed by atoms with Gasteiger partial charge in [0.15, 0.2) is 0 Å². The van der Waals surface area contributed by atoms with Crippen molar-refractivity contribution in [3.63, 3.8) is 0 Å². The molecular formula is C12H17ClN2.